The van der Waals surface area contributed by atoms with Crippen LogP contribution in [-0.4, -0.2) is 59.6 Å². The second-order valence-electron chi connectivity index (χ2n) is 11.2. The Balaban J connectivity index is 1.13. The third kappa shape index (κ3) is 6.82. The topological polar surface area (TPSA) is 106 Å². The van der Waals surface area contributed by atoms with Crippen molar-refractivity contribution in [2.24, 2.45) is 17.8 Å². The van der Waals surface area contributed by atoms with Crippen LogP contribution in [-0.2, 0) is 14.3 Å². The maximum Gasteiger partial charge on any atom is 0.309 e. The van der Waals surface area contributed by atoms with E-state index in [1.54, 1.807) is 18.2 Å². The summed E-state index contributed by atoms with van der Waals surface area (Å²) in [5.41, 5.74) is 1.71. The molecule has 1 atom stereocenters. The molecule has 220 valence electrons. The van der Waals surface area contributed by atoms with E-state index in [1.165, 1.54) is 24.5 Å². The highest BCUT2D eigenvalue weighted by Gasteiger charge is 2.35. The molecule has 2 aromatic carbocycles. The molecule has 1 saturated carbocycles. The number of halogens is 2. The van der Waals surface area contributed by atoms with E-state index in [1.807, 2.05) is 6.08 Å². The standard InChI is InChI=1S/C31H33ClFN5O4/c32-24-14-21(5-6-25(24)33)36-30-23-15-27(28(42-17-19-3-4-19)16-26(23)34-18-35-30)37-29(39)2-1-10-38-11-7-20(8-12-38)22-9-13-41-31(22)40/h1-2,5-6,14-16,18-20,22H,3-4,7-13,17H2,(H,37,39)(H,34,35,36)/b2-1+. The second-order valence-corrected chi connectivity index (χ2v) is 11.6. The van der Waals surface area contributed by atoms with Gasteiger partial charge in [-0.15, -0.1) is 0 Å². The van der Waals surface area contributed by atoms with Gasteiger partial charge >= 0.3 is 5.97 Å². The number of anilines is 3. The number of aromatic nitrogens is 2. The number of esters is 1. The largest absolute Gasteiger partial charge is 0.491 e. The first-order valence-electron chi connectivity index (χ1n) is 14.4. The molecule has 1 amide bonds. The number of hydrogen-bond donors (Lipinski definition) is 2. The Morgan fingerprint density at radius 2 is 1.98 bits per heavy atom. The molecule has 0 radical (unpaired) electrons. The van der Waals surface area contributed by atoms with Crippen LogP contribution in [0.3, 0.4) is 0 Å². The van der Waals surface area contributed by atoms with E-state index in [0.717, 1.165) is 45.2 Å². The predicted molar refractivity (Wildman–Crippen MR) is 158 cm³/mol. The molecule has 3 heterocycles. The third-order valence-corrected chi connectivity index (χ3v) is 8.45. The number of benzene rings is 2. The maximum absolute atomic E-state index is 13.7. The molecule has 42 heavy (non-hydrogen) atoms. The van der Waals surface area contributed by atoms with Crippen molar-refractivity contribution in [3.8, 4) is 5.75 Å². The van der Waals surface area contributed by atoms with Crippen LogP contribution >= 0.6 is 11.6 Å². The number of rotatable bonds is 10. The van der Waals surface area contributed by atoms with Crippen molar-refractivity contribution in [1.29, 1.82) is 0 Å². The lowest BCUT2D eigenvalue weighted by atomic mass is 9.83. The predicted octanol–water partition coefficient (Wildman–Crippen LogP) is 5.72. The first-order chi connectivity index (χ1) is 20.4. The molecular weight excluding hydrogens is 561 g/mol. The fourth-order valence-electron chi connectivity index (χ4n) is 5.56. The molecular formula is C31H33ClFN5O4. The highest BCUT2D eigenvalue weighted by molar-refractivity contribution is 6.31. The minimum atomic E-state index is -0.509. The van der Waals surface area contributed by atoms with Gasteiger partial charge in [-0.05, 0) is 81.3 Å². The summed E-state index contributed by atoms with van der Waals surface area (Å²) < 4.78 is 24.9. The van der Waals surface area contributed by atoms with E-state index in [9.17, 15) is 14.0 Å². The monoisotopic (exact) mass is 593 g/mol. The Bertz CT molecular complexity index is 1510. The van der Waals surface area contributed by atoms with Gasteiger partial charge in [-0.1, -0.05) is 17.7 Å². The Morgan fingerprint density at radius 1 is 1.14 bits per heavy atom. The summed E-state index contributed by atoms with van der Waals surface area (Å²) in [7, 11) is 0. The molecule has 0 spiro atoms. The molecule has 6 rings (SSSR count). The lowest BCUT2D eigenvalue weighted by molar-refractivity contribution is -0.143. The van der Waals surface area contributed by atoms with Gasteiger partial charge in [0, 0.05) is 29.8 Å². The number of likely N-dealkylation sites (tertiary alicyclic amines) is 1. The summed E-state index contributed by atoms with van der Waals surface area (Å²) in [5, 5.41) is 6.79. The van der Waals surface area contributed by atoms with Gasteiger partial charge in [0.2, 0.25) is 5.91 Å². The van der Waals surface area contributed by atoms with Crippen LogP contribution in [0.2, 0.25) is 5.02 Å². The number of ether oxygens (including phenoxy) is 2. The Morgan fingerprint density at radius 3 is 2.71 bits per heavy atom. The average molecular weight is 594 g/mol. The zero-order valence-electron chi connectivity index (χ0n) is 23.2. The highest BCUT2D eigenvalue weighted by atomic mass is 35.5. The van der Waals surface area contributed by atoms with Crippen molar-refractivity contribution in [2.75, 3.05) is 43.5 Å². The average Bonchev–Trinajstić information content (AvgIpc) is 3.72. The van der Waals surface area contributed by atoms with Crippen LogP contribution in [0, 0.1) is 23.6 Å². The minimum Gasteiger partial charge on any atom is -0.491 e. The molecule has 1 aliphatic carbocycles. The molecule has 2 N–H and O–H groups in total. The number of fused-ring (bicyclic) bond motifs is 1. The summed E-state index contributed by atoms with van der Waals surface area (Å²) in [6.45, 7) is 3.54. The Hall–Kier alpha value is -3.76. The molecule has 0 bridgehead atoms. The van der Waals surface area contributed by atoms with Crippen LogP contribution in [0.25, 0.3) is 10.9 Å². The van der Waals surface area contributed by atoms with Crippen molar-refractivity contribution >= 4 is 51.6 Å². The number of piperidine rings is 1. The van der Waals surface area contributed by atoms with Crippen LogP contribution in [0.1, 0.15) is 32.1 Å². The molecule has 11 heteroatoms. The van der Waals surface area contributed by atoms with E-state index < -0.39 is 5.82 Å². The summed E-state index contributed by atoms with van der Waals surface area (Å²) in [6.07, 6.45) is 9.85. The number of nitrogens with zero attached hydrogens (tertiary/aromatic N) is 3. The number of carbonyl (C=O) groups is 2. The fourth-order valence-corrected chi connectivity index (χ4v) is 5.74. The summed E-state index contributed by atoms with van der Waals surface area (Å²) in [6, 6.07) is 7.92. The molecule has 3 aromatic rings. The van der Waals surface area contributed by atoms with Crippen molar-refractivity contribution in [2.45, 2.75) is 32.1 Å². The number of cyclic esters (lactones) is 1. The second kappa shape index (κ2) is 12.6. The zero-order chi connectivity index (χ0) is 29.1. The Labute approximate surface area is 248 Å². The molecule has 2 saturated heterocycles. The first kappa shape index (κ1) is 28.4. The highest BCUT2D eigenvalue weighted by Crippen LogP contribution is 2.36. The Kier molecular flexibility index (Phi) is 8.53. The molecule has 2 aliphatic heterocycles. The number of amides is 1. The van der Waals surface area contributed by atoms with Crippen LogP contribution < -0.4 is 15.4 Å². The SMILES string of the molecule is O=C(/C=C/CN1CCC(C2CCOC2=O)CC1)Nc1cc2c(Nc3ccc(F)c(Cl)c3)ncnc2cc1OCC1CC1. The van der Waals surface area contributed by atoms with Crippen molar-refractivity contribution in [1.82, 2.24) is 14.9 Å². The van der Waals surface area contributed by atoms with Gasteiger partial charge in [-0.2, -0.15) is 0 Å². The molecule has 1 aromatic heterocycles. The first-order valence-corrected chi connectivity index (χ1v) is 14.8. The summed E-state index contributed by atoms with van der Waals surface area (Å²) in [5.74, 6) is 1.15. The van der Waals surface area contributed by atoms with E-state index in [2.05, 4.69) is 25.5 Å². The number of carbonyl (C=O) groups excluding carboxylic acids is 2. The van der Waals surface area contributed by atoms with Crippen molar-refractivity contribution in [3.63, 3.8) is 0 Å². The van der Waals surface area contributed by atoms with Gasteiger partial charge < -0.3 is 20.1 Å². The maximum atomic E-state index is 13.7. The van der Waals surface area contributed by atoms with Gasteiger partial charge in [-0.25, -0.2) is 14.4 Å². The lowest BCUT2D eigenvalue weighted by Crippen LogP contribution is -2.37. The van der Waals surface area contributed by atoms with Crippen LogP contribution in [0.4, 0.5) is 21.6 Å². The van der Waals surface area contributed by atoms with Crippen LogP contribution in [0.5, 0.6) is 5.75 Å². The fraction of sp³-hybridized carbons (Fsp3) is 0.419. The van der Waals surface area contributed by atoms with Crippen molar-refractivity contribution in [3.05, 3.63) is 59.7 Å². The number of nitrogens with one attached hydrogen (secondary N) is 2. The van der Waals surface area contributed by atoms with Gasteiger partial charge in [0.05, 0.1) is 35.4 Å². The minimum absolute atomic E-state index is 0.00301. The lowest BCUT2D eigenvalue weighted by Gasteiger charge is -2.32. The summed E-state index contributed by atoms with van der Waals surface area (Å²) >= 11 is 5.96. The quantitative estimate of drug-likeness (QED) is 0.227. The molecule has 3 aliphatic rings. The normalized spacial score (nSPS) is 19.8. The smallest absolute Gasteiger partial charge is 0.309 e. The molecule has 9 nitrogen and oxygen atoms in total. The molecule has 3 fully saturated rings. The molecule has 1 unspecified atom stereocenters. The van der Waals surface area contributed by atoms with E-state index in [-0.39, 0.29) is 22.8 Å². The van der Waals surface area contributed by atoms with E-state index >= 15 is 0 Å². The van der Waals surface area contributed by atoms with Gasteiger partial charge in [0.1, 0.15) is 23.7 Å². The van der Waals surface area contributed by atoms with Gasteiger partial charge in [0.25, 0.3) is 0 Å². The number of hydrogen-bond acceptors (Lipinski definition) is 8. The summed E-state index contributed by atoms with van der Waals surface area (Å²) in [4.78, 5) is 36.0. The third-order valence-electron chi connectivity index (χ3n) is 8.16. The van der Waals surface area contributed by atoms with Gasteiger partial charge in [0.15, 0.2) is 0 Å². The van der Waals surface area contributed by atoms with Gasteiger partial charge in [-0.3, -0.25) is 14.5 Å². The van der Waals surface area contributed by atoms with Crippen LogP contribution in [0.15, 0.2) is 48.8 Å². The van der Waals surface area contributed by atoms with E-state index in [4.69, 9.17) is 21.1 Å². The zero-order valence-corrected chi connectivity index (χ0v) is 23.9. The van der Waals surface area contributed by atoms with Crippen molar-refractivity contribution < 1.29 is 23.5 Å². The van der Waals surface area contributed by atoms with E-state index in [0.29, 0.717) is 65.4 Å².